The van der Waals surface area contributed by atoms with E-state index in [2.05, 4.69) is 4.98 Å². The van der Waals surface area contributed by atoms with E-state index in [1.54, 1.807) is 19.2 Å². The second-order valence-electron chi connectivity index (χ2n) is 4.89. The SMILES string of the molecule is COc1ccc2nc(N)n(C(C)c3ccccc3F)c2c1. The van der Waals surface area contributed by atoms with E-state index in [1.807, 2.05) is 35.8 Å². The third-order valence-corrected chi connectivity index (χ3v) is 3.67. The first-order valence-electron chi connectivity index (χ1n) is 6.67. The molecule has 0 aliphatic rings. The average molecular weight is 285 g/mol. The minimum Gasteiger partial charge on any atom is -0.497 e. The van der Waals surface area contributed by atoms with Crippen molar-refractivity contribution in [1.29, 1.82) is 0 Å². The summed E-state index contributed by atoms with van der Waals surface area (Å²) in [6.07, 6.45) is 0. The molecule has 1 unspecified atom stereocenters. The lowest BCUT2D eigenvalue weighted by atomic mass is 10.1. The lowest BCUT2D eigenvalue weighted by Crippen LogP contribution is -2.11. The van der Waals surface area contributed by atoms with Crippen molar-refractivity contribution in [3.8, 4) is 5.75 Å². The number of nitrogens with two attached hydrogens (primary N) is 1. The highest BCUT2D eigenvalue weighted by Crippen LogP contribution is 2.30. The van der Waals surface area contributed by atoms with Crippen LogP contribution in [0.3, 0.4) is 0 Å². The van der Waals surface area contributed by atoms with Crippen molar-refractivity contribution in [2.75, 3.05) is 12.8 Å². The molecule has 1 aromatic heterocycles. The standard InChI is InChI=1S/C16H16FN3O/c1-10(12-5-3-4-6-13(12)17)20-15-9-11(21-2)7-8-14(15)19-16(20)18/h3-10H,1-2H3,(H2,18,19). The molecule has 0 aliphatic heterocycles. The zero-order chi connectivity index (χ0) is 15.0. The highest BCUT2D eigenvalue weighted by atomic mass is 19.1. The van der Waals surface area contributed by atoms with Gasteiger partial charge in [-0.1, -0.05) is 18.2 Å². The van der Waals surface area contributed by atoms with E-state index in [9.17, 15) is 4.39 Å². The smallest absolute Gasteiger partial charge is 0.201 e. The van der Waals surface area contributed by atoms with Crippen molar-refractivity contribution in [3.63, 3.8) is 0 Å². The maximum atomic E-state index is 14.0. The van der Waals surface area contributed by atoms with E-state index in [4.69, 9.17) is 10.5 Å². The van der Waals surface area contributed by atoms with Gasteiger partial charge in [0.1, 0.15) is 11.6 Å². The average Bonchev–Trinajstić information content (AvgIpc) is 2.81. The van der Waals surface area contributed by atoms with Crippen molar-refractivity contribution in [1.82, 2.24) is 9.55 Å². The molecule has 0 radical (unpaired) electrons. The Labute approximate surface area is 122 Å². The topological polar surface area (TPSA) is 53.1 Å². The van der Waals surface area contributed by atoms with E-state index in [0.29, 0.717) is 17.3 Å². The van der Waals surface area contributed by atoms with Gasteiger partial charge >= 0.3 is 0 Å². The van der Waals surface area contributed by atoms with E-state index >= 15 is 0 Å². The predicted octanol–water partition coefficient (Wildman–Crippen LogP) is 3.38. The van der Waals surface area contributed by atoms with Gasteiger partial charge in [-0.3, -0.25) is 0 Å². The predicted molar refractivity (Wildman–Crippen MR) is 80.9 cm³/mol. The number of benzene rings is 2. The number of halogens is 1. The summed E-state index contributed by atoms with van der Waals surface area (Å²) in [5.41, 5.74) is 8.18. The molecule has 3 rings (SSSR count). The Bertz CT molecular complexity index is 797. The molecule has 2 aromatic carbocycles. The quantitative estimate of drug-likeness (QED) is 0.802. The minimum atomic E-state index is -0.261. The Morgan fingerprint density at radius 2 is 2.00 bits per heavy atom. The van der Waals surface area contributed by atoms with Crippen LogP contribution >= 0.6 is 0 Å². The molecule has 0 bridgehead atoms. The van der Waals surface area contributed by atoms with Crippen molar-refractivity contribution in [2.24, 2.45) is 0 Å². The molecular formula is C16H16FN3O. The molecule has 108 valence electrons. The van der Waals surface area contributed by atoms with E-state index in [1.165, 1.54) is 6.07 Å². The van der Waals surface area contributed by atoms with Crippen LogP contribution in [0.25, 0.3) is 11.0 Å². The molecule has 0 spiro atoms. The fourth-order valence-corrected chi connectivity index (χ4v) is 2.58. The summed E-state index contributed by atoms with van der Waals surface area (Å²) in [5, 5.41) is 0. The Morgan fingerprint density at radius 3 is 2.71 bits per heavy atom. The maximum absolute atomic E-state index is 14.0. The van der Waals surface area contributed by atoms with E-state index in [-0.39, 0.29) is 11.9 Å². The van der Waals surface area contributed by atoms with Gasteiger partial charge < -0.3 is 15.0 Å². The third kappa shape index (κ3) is 2.20. The van der Waals surface area contributed by atoms with Gasteiger partial charge in [-0.25, -0.2) is 9.37 Å². The van der Waals surface area contributed by atoms with Crippen molar-refractivity contribution in [2.45, 2.75) is 13.0 Å². The summed E-state index contributed by atoms with van der Waals surface area (Å²) in [5.74, 6) is 0.813. The normalized spacial score (nSPS) is 12.5. The minimum absolute atomic E-state index is 0.255. The molecule has 0 fully saturated rings. The number of ether oxygens (including phenoxy) is 1. The summed E-state index contributed by atoms with van der Waals surface area (Å²) in [6, 6.07) is 11.9. The molecule has 3 aromatic rings. The number of methoxy groups -OCH3 is 1. The Morgan fingerprint density at radius 1 is 1.24 bits per heavy atom. The fraction of sp³-hybridized carbons (Fsp3) is 0.188. The largest absolute Gasteiger partial charge is 0.497 e. The first-order chi connectivity index (χ1) is 10.1. The van der Waals surface area contributed by atoms with Crippen LogP contribution < -0.4 is 10.5 Å². The van der Waals surface area contributed by atoms with E-state index < -0.39 is 0 Å². The van der Waals surface area contributed by atoms with E-state index in [0.717, 1.165) is 11.0 Å². The van der Waals surface area contributed by atoms with Gasteiger partial charge in [0.25, 0.3) is 0 Å². The lowest BCUT2D eigenvalue weighted by molar-refractivity contribution is 0.415. The van der Waals surface area contributed by atoms with Gasteiger partial charge in [-0.05, 0) is 25.1 Å². The number of hydrogen-bond acceptors (Lipinski definition) is 3. The number of rotatable bonds is 3. The molecule has 2 N–H and O–H groups in total. The fourth-order valence-electron chi connectivity index (χ4n) is 2.58. The van der Waals surface area contributed by atoms with Crippen LogP contribution in [0, 0.1) is 5.82 Å². The van der Waals surface area contributed by atoms with Crippen LogP contribution in [-0.2, 0) is 0 Å². The second-order valence-corrected chi connectivity index (χ2v) is 4.89. The zero-order valence-corrected chi connectivity index (χ0v) is 11.9. The van der Waals surface area contributed by atoms with Gasteiger partial charge in [-0.2, -0.15) is 0 Å². The molecule has 5 heteroatoms. The number of nitrogens with zero attached hydrogens (tertiary/aromatic N) is 2. The molecule has 21 heavy (non-hydrogen) atoms. The Kier molecular flexibility index (Phi) is 3.25. The van der Waals surface area contributed by atoms with Crippen LogP contribution in [0.5, 0.6) is 5.75 Å². The number of aromatic nitrogens is 2. The molecule has 1 heterocycles. The van der Waals surface area contributed by atoms with Gasteiger partial charge in [0.2, 0.25) is 5.95 Å². The lowest BCUT2D eigenvalue weighted by Gasteiger charge is -2.17. The van der Waals surface area contributed by atoms with Gasteiger partial charge in [0, 0.05) is 11.6 Å². The third-order valence-electron chi connectivity index (χ3n) is 3.67. The Hall–Kier alpha value is -2.56. The summed E-state index contributed by atoms with van der Waals surface area (Å²) >= 11 is 0. The summed E-state index contributed by atoms with van der Waals surface area (Å²) in [6.45, 7) is 1.90. The summed E-state index contributed by atoms with van der Waals surface area (Å²) in [4.78, 5) is 4.33. The zero-order valence-electron chi connectivity index (χ0n) is 11.9. The summed E-state index contributed by atoms with van der Waals surface area (Å²) in [7, 11) is 1.60. The van der Waals surface area contributed by atoms with Crippen LogP contribution in [0.2, 0.25) is 0 Å². The molecule has 4 nitrogen and oxygen atoms in total. The van der Waals surface area contributed by atoms with Gasteiger partial charge in [0.15, 0.2) is 0 Å². The first kappa shape index (κ1) is 13.4. The number of imidazole rings is 1. The molecular weight excluding hydrogens is 269 g/mol. The van der Waals surface area contributed by atoms with Crippen LogP contribution in [-0.4, -0.2) is 16.7 Å². The number of hydrogen-bond donors (Lipinski definition) is 1. The van der Waals surface area contributed by atoms with Crippen LogP contribution in [0.4, 0.5) is 10.3 Å². The molecule has 0 amide bonds. The van der Waals surface area contributed by atoms with Crippen LogP contribution in [0.15, 0.2) is 42.5 Å². The molecule has 0 aliphatic carbocycles. The molecule has 0 saturated carbocycles. The first-order valence-corrected chi connectivity index (χ1v) is 6.67. The highest BCUT2D eigenvalue weighted by molar-refractivity contribution is 5.80. The summed E-state index contributed by atoms with van der Waals surface area (Å²) < 4.78 is 21.1. The number of anilines is 1. The van der Waals surface area contributed by atoms with Crippen LogP contribution in [0.1, 0.15) is 18.5 Å². The monoisotopic (exact) mass is 285 g/mol. The highest BCUT2D eigenvalue weighted by Gasteiger charge is 2.18. The maximum Gasteiger partial charge on any atom is 0.201 e. The van der Waals surface area contributed by atoms with Crippen molar-refractivity contribution >= 4 is 17.0 Å². The van der Waals surface area contributed by atoms with Gasteiger partial charge in [-0.15, -0.1) is 0 Å². The van der Waals surface area contributed by atoms with Crippen molar-refractivity contribution in [3.05, 3.63) is 53.8 Å². The molecule has 1 atom stereocenters. The Balaban J connectivity index is 2.19. The number of fused-ring (bicyclic) bond motifs is 1. The second kappa shape index (κ2) is 5.09. The number of nitrogen functional groups attached to an aromatic ring is 1. The van der Waals surface area contributed by atoms with Crippen molar-refractivity contribution < 1.29 is 9.13 Å². The van der Waals surface area contributed by atoms with Gasteiger partial charge in [0.05, 0.1) is 24.2 Å². The molecule has 0 saturated heterocycles.